The molecule has 1 N–H and O–H groups in total. The third-order valence-corrected chi connectivity index (χ3v) is 4.85. The first-order chi connectivity index (χ1) is 8.84. The number of rotatable bonds is 2. The van der Waals surface area contributed by atoms with Crippen LogP contribution in [0.1, 0.15) is 47.0 Å². The topological polar surface area (TPSA) is 42.7 Å². The second-order valence-electron chi connectivity index (χ2n) is 5.14. The van der Waals surface area contributed by atoms with Crippen molar-refractivity contribution in [3.63, 3.8) is 0 Å². The number of hydrogen-bond acceptors (Lipinski definition) is 4. The summed E-state index contributed by atoms with van der Waals surface area (Å²) in [5.74, 6) is 2.16. The highest BCUT2D eigenvalue weighted by atomic mass is 32.1. The van der Waals surface area contributed by atoms with Crippen LogP contribution in [0, 0.1) is 6.92 Å². The van der Waals surface area contributed by atoms with Gasteiger partial charge < -0.3 is 9.88 Å². The molecule has 18 heavy (non-hydrogen) atoms. The Kier molecular flexibility index (Phi) is 2.32. The summed E-state index contributed by atoms with van der Waals surface area (Å²) in [5, 5.41) is 14.5. The van der Waals surface area contributed by atoms with E-state index in [1.807, 2.05) is 11.3 Å². The number of thiophene rings is 1. The summed E-state index contributed by atoms with van der Waals surface area (Å²) in [5.41, 5.74) is 1.40. The largest absolute Gasteiger partial charge is 0.310 e. The minimum atomic E-state index is 0.238. The van der Waals surface area contributed by atoms with E-state index < -0.39 is 0 Å². The average Bonchev–Trinajstić information content (AvgIpc) is 2.97. The number of fused-ring (bicyclic) bond motifs is 1. The summed E-state index contributed by atoms with van der Waals surface area (Å²) in [4.78, 5) is 1.50. The van der Waals surface area contributed by atoms with Crippen molar-refractivity contribution < 1.29 is 0 Å². The number of nitrogens with zero attached hydrogens (tertiary/aromatic N) is 3. The van der Waals surface area contributed by atoms with Crippen LogP contribution in [-0.4, -0.2) is 21.3 Å². The van der Waals surface area contributed by atoms with Gasteiger partial charge in [0.25, 0.3) is 0 Å². The molecule has 5 heteroatoms. The van der Waals surface area contributed by atoms with Crippen LogP contribution in [0.15, 0.2) is 11.4 Å². The zero-order valence-electron chi connectivity index (χ0n) is 10.4. The molecule has 0 spiro atoms. The molecule has 1 fully saturated rings. The lowest BCUT2D eigenvalue weighted by Gasteiger charge is -2.24. The van der Waals surface area contributed by atoms with Crippen molar-refractivity contribution in [1.82, 2.24) is 20.1 Å². The molecule has 0 aromatic carbocycles. The summed E-state index contributed by atoms with van der Waals surface area (Å²) in [6.07, 6.45) is 3.68. The summed E-state index contributed by atoms with van der Waals surface area (Å²) in [7, 11) is 0. The molecule has 94 valence electrons. The van der Waals surface area contributed by atoms with Gasteiger partial charge in [0.05, 0.1) is 6.04 Å². The molecule has 1 unspecified atom stereocenters. The van der Waals surface area contributed by atoms with Crippen LogP contribution in [0.3, 0.4) is 0 Å². The number of aryl methyl sites for hydroxylation is 1. The fourth-order valence-electron chi connectivity index (χ4n) is 2.85. The van der Waals surface area contributed by atoms with E-state index in [-0.39, 0.29) is 6.04 Å². The van der Waals surface area contributed by atoms with Crippen molar-refractivity contribution in [2.24, 2.45) is 0 Å². The van der Waals surface area contributed by atoms with Gasteiger partial charge >= 0.3 is 0 Å². The van der Waals surface area contributed by atoms with Crippen LogP contribution in [-0.2, 0) is 6.42 Å². The summed E-state index contributed by atoms with van der Waals surface area (Å²) >= 11 is 1.86. The first-order valence-electron chi connectivity index (χ1n) is 6.55. The number of nitrogens with one attached hydrogen (secondary N) is 1. The maximum absolute atomic E-state index is 4.43. The van der Waals surface area contributed by atoms with Gasteiger partial charge in [-0.1, -0.05) is 0 Å². The number of aromatic nitrogens is 3. The second kappa shape index (κ2) is 3.90. The first kappa shape index (κ1) is 10.7. The van der Waals surface area contributed by atoms with Gasteiger partial charge in [-0.05, 0) is 43.2 Å². The normalized spacial score (nSPS) is 23.1. The first-order valence-corrected chi connectivity index (χ1v) is 7.43. The van der Waals surface area contributed by atoms with Gasteiger partial charge in [0.1, 0.15) is 5.82 Å². The van der Waals surface area contributed by atoms with E-state index in [9.17, 15) is 0 Å². The van der Waals surface area contributed by atoms with E-state index in [1.165, 1.54) is 23.3 Å². The molecule has 4 nitrogen and oxygen atoms in total. The third kappa shape index (κ3) is 1.54. The van der Waals surface area contributed by atoms with Crippen molar-refractivity contribution >= 4 is 11.3 Å². The molecule has 1 aliphatic heterocycles. The van der Waals surface area contributed by atoms with Crippen LogP contribution in [0.5, 0.6) is 0 Å². The van der Waals surface area contributed by atoms with Gasteiger partial charge in [-0.3, -0.25) is 0 Å². The van der Waals surface area contributed by atoms with Crippen molar-refractivity contribution in [1.29, 1.82) is 0 Å². The minimum absolute atomic E-state index is 0.238. The van der Waals surface area contributed by atoms with E-state index in [2.05, 4.69) is 38.5 Å². The lowest BCUT2D eigenvalue weighted by atomic mass is 10.0. The van der Waals surface area contributed by atoms with Gasteiger partial charge in [0.15, 0.2) is 5.82 Å². The fraction of sp³-hybridized carbons (Fsp3) is 0.538. The van der Waals surface area contributed by atoms with E-state index in [1.54, 1.807) is 0 Å². The van der Waals surface area contributed by atoms with Crippen molar-refractivity contribution in [2.75, 3.05) is 6.54 Å². The lowest BCUT2D eigenvalue weighted by molar-refractivity contribution is 0.516. The predicted molar refractivity (Wildman–Crippen MR) is 70.9 cm³/mol. The van der Waals surface area contributed by atoms with E-state index in [4.69, 9.17) is 0 Å². The van der Waals surface area contributed by atoms with Gasteiger partial charge in [-0.2, -0.15) is 0 Å². The standard InChI is InChI=1S/C13H16N4S/c1-8-15-16-13(17(8)9-2-3-9)12-10-5-7-18-11(10)4-6-14-12/h5,7,9,12,14H,2-4,6H2,1H3. The summed E-state index contributed by atoms with van der Waals surface area (Å²) in [6, 6.07) is 3.11. The van der Waals surface area contributed by atoms with Gasteiger partial charge in [0, 0.05) is 17.5 Å². The molecule has 0 amide bonds. The quantitative estimate of drug-likeness (QED) is 0.900. The maximum atomic E-state index is 4.43. The monoisotopic (exact) mass is 260 g/mol. The molecule has 1 atom stereocenters. The highest BCUT2D eigenvalue weighted by molar-refractivity contribution is 7.10. The van der Waals surface area contributed by atoms with Crippen molar-refractivity contribution in [3.8, 4) is 0 Å². The summed E-state index contributed by atoms with van der Waals surface area (Å²) in [6.45, 7) is 3.10. The Morgan fingerprint density at radius 1 is 1.39 bits per heavy atom. The molecule has 1 saturated carbocycles. The highest BCUT2D eigenvalue weighted by Crippen LogP contribution is 2.39. The molecule has 3 heterocycles. The van der Waals surface area contributed by atoms with Crippen molar-refractivity contribution in [3.05, 3.63) is 33.5 Å². The Morgan fingerprint density at radius 2 is 2.28 bits per heavy atom. The molecule has 2 aromatic rings. The Hall–Kier alpha value is -1.20. The van der Waals surface area contributed by atoms with E-state index in [0.717, 1.165) is 24.6 Å². The van der Waals surface area contributed by atoms with Gasteiger partial charge in [0.2, 0.25) is 0 Å². The fourth-order valence-corrected chi connectivity index (χ4v) is 3.77. The summed E-state index contributed by atoms with van der Waals surface area (Å²) < 4.78 is 2.34. The van der Waals surface area contributed by atoms with Crippen LogP contribution in [0.25, 0.3) is 0 Å². The minimum Gasteiger partial charge on any atom is -0.310 e. The Balaban J connectivity index is 1.81. The zero-order valence-corrected chi connectivity index (χ0v) is 11.2. The molecule has 4 rings (SSSR count). The van der Waals surface area contributed by atoms with E-state index >= 15 is 0 Å². The second-order valence-corrected chi connectivity index (χ2v) is 6.14. The van der Waals surface area contributed by atoms with Gasteiger partial charge in [-0.25, -0.2) is 0 Å². The molecule has 2 aromatic heterocycles. The average molecular weight is 260 g/mol. The van der Waals surface area contributed by atoms with Gasteiger partial charge in [-0.15, -0.1) is 21.5 Å². The lowest BCUT2D eigenvalue weighted by Crippen LogP contribution is -2.31. The smallest absolute Gasteiger partial charge is 0.155 e. The van der Waals surface area contributed by atoms with Crippen molar-refractivity contribution in [2.45, 2.75) is 38.3 Å². The van der Waals surface area contributed by atoms with Crippen LogP contribution < -0.4 is 5.32 Å². The molecular weight excluding hydrogens is 244 g/mol. The Morgan fingerprint density at radius 3 is 3.11 bits per heavy atom. The third-order valence-electron chi connectivity index (χ3n) is 3.85. The number of hydrogen-bond donors (Lipinski definition) is 1. The maximum Gasteiger partial charge on any atom is 0.155 e. The predicted octanol–water partition coefficient (Wildman–Crippen LogP) is 2.22. The molecular formula is C13H16N4S. The van der Waals surface area contributed by atoms with Crippen LogP contribution in [0.2, 0.25) is 0 Å². The van der Waals surface area contributed by atoms with E-state index in [0.29, 0.717) is 6.04 Å². The highest BCUT2D eigenvalue weighted by Gasteiger charge is 2.33. The SMILES string of the molecule is Cc1nnc(C2NCCc3sccc32)n1C1CC1. The Bertz CT molecular complexity index is 582. The molecule has 2 aliphatic rings. The molecule has 0 bridgehead atoms. The molecule has 1 aliphatic carbocycles. The Labute approximate surface area is 110 Å². The molecule has 0 radical (unpaired) electrons. The van der Waals surface area contributed by atoms with Crippen LogP contribution >= 0.6 is 11.3 Å². The zero-order chi connectivity index (χ0) is 12.1. The van der Waals surface area contributed by atoms with Crippen LogP contribution in [0.4, 0.5) is 0 Å². The molecule has 0 saturated heterocycles.